The Morgan fingerprint density at radius 1 is 0.905 bits per heavy atom. The summed E-state index contributed by atoms with van der Waals surface area (Å²) in [6, 6.07) is -2.29. The topological polar surface area (TPSA) is 253 Å². The van der Waals surface area contributed by atoms with Crippen molar-refractivity contribution < 1.29 is 39.6 Å². The molecule has 0 rings (SSSR count). The minimum atomic E-state index is -1.21. The average Bonchev–Trinajstić information content (AvgIpc) is 2.38. The number of hydrogen-bond acceptors (Lipinski definition) is 8. The zero-order chi connectivity index (χ0) is 17.6. The van der Waals surface area contributed by atoms with Crippen molar-refractivity contribution in [2.75, 3.05) is 13.2 Å². The van der Waals surface area contributed by atoms with E-state index in [4.69, 9.17) is 31.9 Å². The van der Waals surface area contributed by atoms with Crippen molar-refractivity contribution in [1.29, 1.82) is 0 Å². The summed E-state index contributed by atoms with van der Waals surface area (Å²) in [5.41, 5.74) is 18.9. The lowest BCUT2D eigenvalue weighted by Crippen LogP contribution is -2.34. The van der Waals surface area contributed by atoms with E-state index in [1.807, 2.05) is 0 Å². The SMILES string of the molecule is NC(=O)C[C@H](N)C(=O)O.NCC(=O)O.N[C@@H](CO)C(=O)O. The van der Waals surface area contributed by atoms with Crippen LogP contribution in [0, 0.1) is 0 Å². The highest BCUT2D eigenvalue weighted by molar-refractivity contribution is 5.83. The molecule has 0 aliphatic carbocycles. The van der Waals surface area contributed by atoms with Gasteiger partial charge in [-0.05, 0) is 0 Å². The van der Waals surface area contributed by atoms with E-state index in [2.05, 4.69) is 11.5 Å². The molecule has 0 aliphatic rings. The van der Waals surface area contributed by atoms with E-state index >= 15 is 0 Å². The van der Waals surface area contributed by atoms with Crippen LogP contribution in [-0.2, 0) is 19.2 Å². The molecule has 0 aromatic heterocycles. The molecule has 0 fully saturated rings. The lowest BCUT2D eigenvalue weighted by Gasteiger charge is -1.99. The van der Waals surface area contributed by atoms with Crippen LogP contribution in [-0.4, -0.2) is 69.5 Å². The number of aliphatic carboxylic acids is 3. The summed E-state index contributed by atoms with van der Waals surface area (Å²) in [4.78, 5) is 38.8. The maximum absolute atomic E-state index is 9.99. The minimum Gasteiger partial charge on any atom is -0.480 e. The second-order valence-electron chi connectivity index (χ2n) is 3.34. The van der Waals surface area contributed by atoms with Gasteiger partial charge < -0.3 is 43.4 Å². The fourth-order valence-electron chi connectivity index (χ4n) is 0.382. The molecular weight excluding hydrogens is 292 g/mol. The molecule has 0 saturated heterocycles. The van der Waals surface area contributed by atoms with Crippen molar-refractivity contribution in [3.05, 3.63) is 0 Å². The van der Waals surface area contributed by atoms with Gasteiger partial charge in [0.15, 0.2) is 0 Å². The molecule has 0 aromatic rings. The van der Waals surface area contributed by atoms with Gasteiger partial charge in [0.05, 0.1) is 19.6 Å². The first kappa shape index (κ1) is 23.8. The maximum atomic E-state index is 9.99. The van der Waals surface area contributed by atoms with E-state index in [-0.39, 0.29) is 13.0 Å². The van der Waals surface area contributed by atoms with Crippen LogP contribution in [0.3, 0.4) is 0 Å². The molecule has 12 N–H and O–H groups in total. The van der Waals surface area contributed by atoms with Crippen molar-refractivity contribution in [3.63, 3.8) is 0 Å². The highest BCUT2D eigenvalue weighted by Gasteiger charge is 2.13. The number of carbonyl (C=O) groups is 4. The van der Waals surface area contributed by atoms with Crippen LogP contribution < -0.4 is 22.9 Å². The van der Waals surface area contributed by atoms with Crippen molar-refractivity contribution in [1.82, 2.24) is 0 Å². The summed E-state index contributed by atoms with van der Waals surface area (Å²) >= 11 is 0. The second kappa shape index (κ2) is 14.1. The Morgan fingerprint density at radius 2 is 1.24 bits per heavy atom. The molecule has 124 valence electrons. The first-order valence-corrected chi connectivity index (χ1v) is 5.27. The number of amides is 1. The van der Waals surface area contributed by atoms with Crippen molar-refractivity contribution in [3.8, 4) is 0 Å². The molecule has 12 nitrogen and oxygen atoms in total. The zero-order valence-electron chi connectivity index (χ0n) is 11.0. The largest absolute Gasteiger partial charge is 0.480 e. The highest BCUT2D eigenvalue weighted by Crippen LogP contribution is 1.84. The molecule has 0 aromatic carbocycles. The second-order valence-corrected chi connectivity index (χ2v) is 3.34. The molecule has 0 heterocycles. The van der Waals surface area contributed by atoms with E-state index in [1.165, 1.54) is 0 Å². The minimum absolute atomic E-state index is 0.278. The molecule has 12 heteroatoms. The molecule has 0 bridgehead atoms. The van der Waals surface area contributed by atoms with Gasteiger partial charge in [0.25, 0.3) is 0 Å². The summed E-state index contributed by atoms with van der Waals surface area (Å²) in [6.07, 6.45) is -0.310. The van der Waals surface area contributed by atoms with Gasteiger partial charge in [0.1, 0.15) is 12.1 Å². The van der Waals surface area contributed by atoms with Gasteiger partial charge in [-0.25, -0.2) is 0 Å². The Bertz CT molecular complexity index is 349. The predicted octanol–water partition coefficient (Wildman–Crippen LogP) is -4.31. The molecule has 0 aliphatic heterocycles. The lowest BCUT2D eigenvalue weighted by atomic mass is 10.2. The molecule has 0 spiro atoms. The van der Waals surface area contributed by atoms with Crippen LogP contribution in [0.5, 0.6) is 0 Å². The van der Waals surface area contributed by atoms with Crippen molar-refractivity contribution in [2.45, 2.75) is 18.5 Å². The summed E-state index contributed by atoms with van der Waals surface area (Å²) in [5, 5.41) is 31.6. The molecule has 21 heavy (non-hydrogen) atoms. The number of carbonyl (C=O) groups excluding carboxylic acids is 1. The van der Waals surface area contributed by atoms with Crippen LogP contribution in [0.25, 0.3) is 0 Å². The van der Waals surface area contributed by atoms with Crippen molar-refractivity contribution >= 4 is 23.8 Å². The summed E-state index contributed by atoms with van der Waals surface area (Å²) in [7, 11) is 0. The first-order valence-electron chi connectivity index (χ1n) is 5.27. The predicted molar refractivity (Wildman–Crippen MR) is 68.8 cm³/mol. The van der Waals surface area contributed by atoms with Crippen molar-refractivity contribution in [2.24, 2.45) is 22.9 Å². The number of aliphatic hydroxyl groups excluding tert-OH is 1. The first-order chi connectivity index (χ1) is 9.49. The number of carboxylic acids is 3. The molecular formula is C9H20N4O8. The summed E-state index contributed by atoms with van der Waals surface area (Å²) in [6.45, 7) is -0.782. The van der Waals surface area contributed by atoms with Gasteiger partial charge in [-0.2, -0.15) is 0 Å². The third-order valence-electron chi connectivity index (χ3n) is 1.43. The van der Waals surface area contributed by atoms with E-state index in [0.29, 0.717) is 0 Å². The normalized spacial score (nSPS) is 11.6. The number of nitrogens with two attached hydrogens (primary N) is 4. The van der Waals surface area contributed by atoms with Crippen LogP contribution in [0.2, 0.25) is 0 Å². The zero-order valence-corrected chi connectivity index (χ0v) is 11.0. The van der Waals surface area contributed by atoms with Gasteiger partial charge in [0.2, 0.25) is 5.91 Å². The van der Waals surface area contributed by atoms with Crippen LogP contribution in [0.4, 0.5) is 0 Å². The Labute approximate surface area is 119 Å². The van der Waals surface area contributed by atoms with Crippen LogP contribution in [0.1, 0.15) is 6.42 Å². The molecule has 0 radical (unpaired) electrons. The Kier molecular flexibility index (Phi) is 16.0. The van der Waals surface area contributed by atoms with E-state index in [9.17, 15) is 19.2 Å². The highest BCUT2D eigenvalue weighted by atomic mass is 16.4. The van der Waals surface area contributed by atoms with E-state index < -0.39 is 42.5 Å². The third-order valence-corrected chi connectivity index (χ3v) is 1.43. The van der Waals surface area contributed by atoms with E-state index in [1.54, 1.807) is 0 Å². The Hall–Kier alpha value is -2.28. The molecule has 0 unspecified atom stereocenters. The summed E-state index contributed by atoms with van der Waals surface area (Å²) in [5.74, 6) is -4.06. The number of carboxylic acid groups (broad SMARTS) is 3. The van der Waals surface area contributed by atoms with Crippen LogP contribution in [0.15, 0.2) is 0 Å². The number of rotatable bonds is 6. The molecule has 1 amide bonds. The van der Waals surface area contributed by atoms with Gasteiger partial charge in [0, 0.05) is 0 Å². The molecule has 0 saturated carbocycles. The standard InChI is InChI=1S/C4H8N2O3.C3H7NO3.C2H5NO2/c5-2(4(8)9)1-3(6)7;4-2(1-5)3(6)7;3-1-2(4)5/h2H,1,5H2,(H2,6,7)(H,8,9);2,5H,1,4H2,(H,6,7);1,3H2,(H,4,5)/t2*2-;/m00./s1. The average molecular weight is 312 g/mol. The Balaban J connectivity index is -0.000000242. The number of hydrogen-bond donors (Lipinski definition) is 8. The quantitative estimate of drug-likeness (QED) is 0.232. The van der Waals surface area contributed by atoms with Gasteiger partial charge in [-0.3, -0.25) is 19.2 Å². The smallest absolute Gasteiger partial charge is 0.322 e. The number of aliphatic hydroxyl groups is 1. The van der Waals surface area contributed by atoms with Crippen LogP contribution >= 0.6 is 0 Å². The summed E-state index contributed by atoms with van der Waals surface area (Å²) < 4.78 is 0. The fraction of sp³-hybridized carbons (Fsp3) is 0.556. The number of primary amides is 1. The lowest BCUT2D eigenvalue weighted by molar-refractivity contribution is -0.140. The van der Waals surface area contributed by atoms with Gasteiger partial charge >= 0.3 is 17.9 Å². The van der Waals surface area contributed by atoms with E-state index in [0.717, 1.165) is 0 Å². The maximum Gasteiger partial charge on any atom is 0.322 e. The fourth-order valence-corrected chi connectivity index (χ4v) is 0.382. The Morgan fingerprint density at radius 3 is 1.29 bits per heavy atom. The van der Waals surface area contributed by atoms with Gasteiger partial charge in [-0.1, -0.05) is 0 Å². The third kappa shape index (κ3) is 23.3. The van der Waals surface area contributed by atoms with Gasteiger partial charge in [-0.15, -0.1) is 0 Å². The monoisotopic (exact) mass is 312 g/mol. The molecule has 2 atom stereocenters.